The molecule has 0 amide bonds. The molecule has 21 heavy (non-hydrogen) atoms. The number of sulfonamides is 1. The van der Waals surface area contributed by atoms with Crippen molar-refractivity contribution >= 4 is 21.4 Å². The summed E-state index contributed by atoms with van der Waals surface area (Å²) in [6.45, 7) is 0. The molecule has 0 spiro atoms. The van der Waals surface area contributed by atoms with E-state index < -0.39 is 20.5 Å². The van der Waals surface area contributed by atoms with Gasteiger partial charge in [0.25, 0.3) is 15.7 Å². The summed E-state index contributed by atoms with van der Waals surface area (Å²) >= 11 is 0. The Bertz CT molecular complexity index is 806. The monoisotopic (exact) mass is 309 g/mol. The zero-order chi connectivity index (χ0) is 15.6. The van der Waals surface area contributed by atoms with Crippen molar-refractivity contribution in [1.29, 1.82) is 0 Å². The lowest BCUT2D eigenvalue weighted by molar-refractivity contribution is -0.384. The van der Waals surface area contributed by atoms with Gasteiger partial charge < -0.3 is 4.98 Å². The summed E-state index contributed by atoms with van der Waals surface area (Å²) in [5.74, 6) is 0. The van der Waals surface area contributed by atoms with Crippen LogP contribution in [-0.4, -0.2) is 25.4 Å². The lowest BCUT2D eigenvalue weighted by Crippen LogP contribution is -2.27. The number of non-ortho nitro benzene ring substituents is 1. The molecule has 1 heterocycles. The smallest absolute Gasteiger partial charge is 0.269 e. The van der Waals surface area contributed by atoms with E-state index in [0.29, 0.717) is 0 Å². The van der Waals surface area contributed by atoms with Crippen LogP contribution in [0.4, 0.5) is 11.4 Å². The van der Waals surface area contributed by atoms with Crippen LogP contribution in [-0.2, 0) is 10.0 Å². The van der Waals surface area contributed by atoms with Crippen molar-refractivity contribution in [2.75, 3.05) is 11.4 Å². The number of H-pyrrole nitrogens is 1. The van der Waals surface area contributed by atoms with Gasteiger partial charge in [0.2, 0.25) is 5.56 Å². The maximum absolute atomic E-state index is 12.3. The Kier molecular flexibility index (Phi) is 3.76. The van der Waals surface area contributed by atoms with Crippen LogP contribution in [0.15, 0.2) is 52.3 Å². The fourth-order valence-corrected chi connectivity index (χ4v) is 2.80. The summed E-state index contributed by atoms with van der Waals surface area (Å²) in [7, 11) is -2.53. The summed E-state index contributed by atoms with van der Waals surface area (Å²) in [4.78, 5) is 23.2. The van der Waals surface area contributed by atoms with Crippen LogP contribution in [0.5, 0.6) is 0 Å². The van der Waals surface area contributed by atoms with Gasteiger partial charge in [0.05, 0.1) is 10.6 Å². The number of nitro groups is 1. The fourth-order valence-electron chi connectivity index (χ4n) is 1.64. The summed E-state index contributed by atoms with van der Waals surface area (Å²) < 4.78 is 25.6. The predicted molar refractivity (Wildman–Crippen MR) is 75.7 cm³/mol. The maximum Gasteiger partial charge on any atom is 0.269 e. The summed E-state index contributed by atoms with van der Waals surface area (Å²) in [5.41, 5.74) is -0.271. The van der Waals surface area contributed by atoms with Gasteiger partial charge in [-0.25, -0.2) is 8.42 Å². The largest absolute Gasteiger partial charge is 0.328 e. The fraction of sp³-hybridized carbons (Fsp3) is 0.0833. The van der Waals surface area contributed by atoms with Crippen LogP contribution in [0.1, 0.15) is 0 Å². The minimum Gasteiger partial charge on any atom is -0.328 e. The number of rotatable bonds is 4. The number of aromatic amines is 1. The Hall–Kier alpha value is -2.68. The summed E-state index contributed by atoms with van der Waals surface area (Å²) in [6, 6.07) is 7.40. The van der Waals surface area contributed by atoms with Crippen LogP contribution in [0.25, 0.3) is 0 Å². The molecule has 0 fully saturated rings. The molecule has 0 radical (unpaired) electrons. The van der Waals surface area contributed by atoms with Crippen LogP contribution in [0, 0.1) is 10.1 Å². The molecule has 0 bridgehead atoms. The van der Waals surface area contributed by atoms with Crippen LogP contribution < -0.4 is 9.86 Å². The van der Waals surface area contributed by atoms with E-state index in [9.17, 15) is 23.3 Å². The van der Waals surface area contributed by atoms with E-state index in [0.717, 1.165) is 16.6 Å². The van der Waals surface area contributed by atoms with Gasteiger partial charge in [-0.2, -0.15) is 0 Å². The molecule has 0 aliphatic heterocycles. The van der Waals surface area contributed by atoms with Gasteiger partial charge in [-0.1, -0.05) is 0 Å². The molecule has 8 nitrogen and oxygen atoms in total. The third kappa shape index (κ3) is 2.92. The molecular formula is C12H11N3O5S. The van der Waals surface area contributed by atoms with Gasteiger partial charge >= 0.3 is 0 Å². The standard InChI is InChI=1S/C12H11N3O5S/c1-14(9-2-4-10(5-3-9)15(17)18)21(19,20)11-6-7-12(16)13-8-11/h2-8H,1H3,(H,13,16). The second-order valence-corrected chi connectivity index (χ2v) is 6.10. The van der Waals surface area contributed by atoms with E-state index in [2.05, 4.69) is 4.98 Å². The van der Waals surface area contributed by atoms with E-state index in [1.54, 1.807) is 0 Å². The Morgan fingerprint density at radius 3 is 2.24 bits per heavy atom. The third-order valence-electron chi connectivity index (χ3n) is 2.84. The number of nitrogens with one attached hydrogen (secondary N) is 1. The molecule has 0 atom stereocenters. The Labute approximate surface area is 119 Å². The highest BCUT2D eigenvalue weighted by molar-refractivity contribution is 7.92. The second kappa shape index (κ2) is 5.37. The van der Waals surface area contributed by atoms with Crippen molar-refractivity contribution in [3.63, 3.8) is 0 Å². The maximum atomic E-state index is 12.3. The number of benzene rings is 1. The molecule has 1 aromatic carbocycles. The number of hydrogen-bond acceptors (Lipinski definition) is 5. The topological polar surface area (TPSA) is 113 Å². The van der Waals surface area contributed by atoms with E-state index in [4.69, 9.17) is 0 Å². The summed E-state index contributed by atoms with van der Waals surface area (Å²) in [5, 5.41) is 10.6. The van der Waals surface area contributed by atoms with Gasteiger partial charge in [-0.15, -0.1) is 0 Å². The van der Waals surface area contributed by atoms with Gasteiger partial charge in [0.15, 0.2) is 0 Å². The third-order valence-corrected chi connectivity index (χ3v) is 4.62. The first-order valence-electron chi connectivity index (χ1n) is 5.74. The quantitative estimate of drug-likeness (QED) is 0.671. The number of aromatic nitrogens is 1. The van der Waals surface area contributed by atoms with E-state index >= 15 is 0 Å². The highest BCUT2D eigenvalue weighted by Crippen LogP contribution is 2.23. The van der Waals surface area contributed by atoms with Gasteiger partial charge in [0.1, 0.15) is 4.90 Å². The first kappa shape index (κ1) is 14.7. The van der Waals surface area contributed by atoms with E-state index in [1.165, 1.54) is 37.4 Å². The van der Waals surface area contributed by atoms with Crippen molar-refractivity contribution in [3.05, 3.63) is 63.1 Å². The van der Waals surface area contributed by atoms with Gasteiger partial charge in [-0.3, -0.25) is 19.2 Å². The molecule has 1 N–H and O–H groups in total. The van der Waals surface area contributed by atoms with Gasteiger partial charge in [-0.05, 0) is 18.2 Å². The lowest BCUT2D eigenvalue weighted by Gasteiger charge is -2.19. The minimum absolute atomic E-state index is 0.0806. The second-order valence-electron chi connectivity index (χ2n) is 4.13. The molecule has 0 saturated heterocycles. The van der Waals surface area contributed by atoms with E-state index in [1.807, 2.05) is 0 Å². The Balaban J connectivity index is 2.37. The van der Waals surface area contributed by atoms with Crippen LogP contribution in [0.2, 0.25) is 0 Å². The lowest BCUT2D eigenvalue weighted by atomic mass is 10.3. The highest BCUT2D eigenvalue weighted by atomic mass is 32.2. The zero-order valence-electron chi connectivity index (χ0n) is 10.9. The van der Waals surface area contributed by atoms with Crippen LogP contribution >= 0.6 is 0 Å². The molecule has 0 aliphatic carbocycles. The average Bonchev–Trinajstić information content (AvgIpc) is 2.47. The molecule has 2 rings (SSSR count). The zero-order valence-corrected chi connectivity index (χ0v) is 11.7. The first-order chi connectivity index (χ1) is 9.82. The Morgan fingerprint density at radius 2 is 1.76 bits per heavy atom. The first-order valence-corrected chi connectivity index (χ1v) is 7.18. The molecule has 2 aromatic rings. The molecule has 0 saturated carbocycles. The van der Waals surface area contributed by atoms with Crippen molar-refractivity contribution in [1.82, 2.24) is 4.98 Å². The molecular weight excluding hydrogens is 298 g/mol. The predicted octanol–water partition coefficient (Wildman–Crippen LogP) is 1.11. The van der Waals surface area contributed by atoms with Crippen molar-refractivity contribution in [2.24, 2.45) is 0 Å². The normalized spacial score (nSPS) is 11.1. The molecule has 9 heteroatoms. The molecule has 0 aliphatic rings. The summed E-state index contributed by atoms with van der Waals surface area (Å²) in [6.07, 6.45) is 1.10. The molecule has 1 aromatic heterocycles. The number of hydrogen-bond donors (Lipinski definition) is 1. The number of nitrogens with zero attached hydrogens (tertiary/aromatic N) is 2. The number of anilines is 1. The average molecular weight is 309 g/mol. The van der Waals surface area contributed by atoms with Crippen molar-refractivity contribution in [3.8, 4) is 0 Å². The Morgan fingerprint density at radius 1 is 1.14 bits per heavy atom. The number of pyridine rings is 1. The SMILES string of the molecule is CN(c1ccc([N+](=O)[O-])cc1)S(=O)(=O)c1ccc(=O)[nH]c1. The van der Waals surface area contributed by atoms with Gasteiger partial charge in [0, 0.05) is 31.4 Å². The molecule has 0 unspecified atom stereocenters. The number of nitro benzene ring substituents is 1. The van der Waals surface area contributed by atoms with Crippen molar-refractivity contribution < 1.29 is 13.3 Å². The highest BCUT2D eigenvalue weighted by Gasteiger charge is 2.21. The van der Waals surface area contributed by atoms with E-state index in [-0.39, 0.29) is 16.3 Å². The molecule has 110 valence electrons. The minimum atomic E-state index is -3.85. The van der Waals surface area contributed by atoms with Crippen LogP contribution in [0.3, 0.4) is 0 Å². The van der Waals surface area contributed by atoms with Crippen molar-refractivity contribution in [2.45, 2.75) is 4.90 Å².